The van der Waals surface area contributed by atoms with E-state index in [9.17, 15) is 14.7 Å². The number of carbonyl (C=O) groups excluding carboxylic acids is 1. The first-order valence-corrected chi connectivity index (χ1v) is 8.68. The molecule has 0 spiro atoms. The number of unbranched alkanes of at least 4 members (excludes halogenated alkanes) is 1. The molecule has 0 unspecified atom stereocenters. The third-order valence-electron chi connectivity index (χ3n) is 3.49. The molecule has 0 aliphatic carbocycles. The normalized spacial score (nSPS) is 13.2. The minimum absolute atomic E-state index is 0.267. The van der Waals surface area contributed by atoms with Crippen molar-refractivity contribution in [2.24, 2.45) is 0 Å². The number of carboxylic acids is 1. The van der Waals surface area contributed by atoms with Crippen LogP contribution >= 0.6 is 0 Å². The van der Waals surface area contributed by atoms with Crippen LogP contribution in [0.1, 0.15) is 52.5 Å². The Morgan fingerprint density at radius 1 is 1.24 bits per heavy atom. The summed E-state index contributed by atoms with van der Waals surface area (Å²) in [6.45, 7) is 7.43. The number of hydrogen-bond donors (Lipinski definition) is 2. The van der Waals surface area contributed by atoms with E-state index in [-0.39, 0.29) is 11.6 Å². The largest absolute Gasteiger partial charge is 0.478 e. The summed E-state index contributed by atoms with van der Waals surface area (Å²) in [4.78, 5) is 23.6. The van der Waals surface area contributed by atoms with Crippen molar-refractivity contribution in [3.63, 3.8) is 0 Å². The Bertz CT molecular complexity index is 587. The van der Waals surface area contributed by atoms with Gasteiger partial charge in [-0.05, 0) is 32.8 Å². The van der Waals surface area contributed by atoms with Gasteiger partial charge in [-0.2, -0.15) is 0 Å². The maximum absolute atomic E-state index is 12.0. The Labute approximate surface area is 150 Å². The molecule has 1 rings (SSSR count). The van der Waals surface area contributed by atoms with Crippen molar-refractivity contribution >= 4 is 12.1 Å². The zero-order valence-electron chi connectivity index (χ0n) is 15.5. The molecule has 0 aliphatic rings. The third-order valence-corrected chi connectivity index (χ3v) is 3.49. The minimum Gasteiger partial charge on any atom is -0.478 e. The Kier molecular flexibility index (Phi) is 8.19. The Balaban J connectivity index is 2.91. The van der Waals surface area contributed by atoms with Crippen molar-refractivity contribution in [3.05, 3.63) is 47.5 Å². The van der Waals surface area contributed by atoms with Crippen LogP contribution in [0, 0.1) is 0 Å². The minimum atomic E-state index is -0.976. The quantitative estimate of drug-likeness (QED) is 0.687. The molecule has 0 aliphatic heterocycles. The van der Waals surface area contributed by atoms with Crippen LogP contribution < -0.4 is 5.32 Å². The molecule has 0 saturated heterocycles. The lowest BCUT2D eigenvalue weighted by Gasteiger charge is -2.22. The van der Waals surface area contributed by atoms with E-state index in [0.717, 1.165) is 18.4 Å². The smallest absolute Gasteiger partial charge is 0.408 e. The van der Waals surface area contributed by atoms with Gasteiger partial charge in [0.2, 0.25) is 0 Å². The SMILES string of the molecule is CCCC[C@@H](C=C(Cc1ccccc1)C(=O)O)NC(=O)OC(C)(C)C. The summed E-state index contributed by atoms with van der Waals surface area (Å²) in [5, 5.41) is 12.3. The fourth-order valence-corrected chi connectivity index (χ4v) is 2.34. The van der Waals surface area contributed by atoms with Crippen LogP contribution in [-0.4, -0.2) is 28.8 Å². The molecule has 0 fully saturated rings. The van der Waals surface area contributed by atoms with Gasteiger partial charge in [0.15, 0.2) is 0 Å². The van der Waals surface area contributed by atoms with Crippen molar-refractivity contribution < 1.29 is 19.4 Å². The summed E-state index contributed by atoms with van der Waals surface area (Å²) in [6, 6.07) is 9.05. The number of amides is 1. The molecule has 0 bridgehead atoms. The van der Waals surface area contributed by atoms with Crippen molar-refractivity contribution in [2.45, 2.75) is 65.0 Å². The van der Waals surface area contributed by atoms with Gasteiger partial charge in [0.05, 0.1) is 6.04 Å². The predicted octanol–water partition coefficient (Wildman–Crippen LogP) is 4.32. The van der Waals surface area contributed by atoms with E-state index in [1.165, 1.54) is 0 Å². The van der Waals surface area contributed by atoms with Crippen molar-refractivity contribution in [2.75, 3.05) is 0 Å². The number of hydrogen-bond acceptors (Lipinski definition) is 3. The van der Waals surface area contributed by atoms with Crippen LogP contribution in [-0.2, 0) is 16.0 Å². The molecule has 5 heteroatoms. The van der Waals surface area contributed by atoms with Crippen molar-refractivity contribution in [1.82, 2.24) is 5.32 Å². The first-order chi connectivity index (χ1) is 11.7. The van der Waals surface area contributed by atoms with Gasteiger partial charge in [-0.1, -0.05) is 56.2 Å². The van der Waals surface area contributed by atoms with Gasteiger partial charge >= 0.3 is 12.1 Å². The highest BCUT2D eigenvalue weighted by molar-refractivity contribution is 5.87. The summed E-state index contributed by atoms with van der Waals surface area (Å²) in [5.41, 5.74) is 0.592. The predicted molar refractivity (Wildman–Crippen MR) is 98.5 cm³/mol. The van der Waals surface area contributed by atoms with Crippen molar-refractivity contribution in [3.8, 4) is 0 Å². The molecular weight excluding hydrogens is 318 g/mol. The number of ether oxygens (including phenoxy) is 1. The van der Waals surface area contributed by atoms with E-state index >= 15 is 0 Å². The monoisotopic (exact) mass is 347 g/mol. The number of alkyl carbamates (subject to hydrolysis) is 1. The van der Waals surface area contributed by atoms with E-state index in [1.54, 1.807) is 26.8 Å². The van der Waals surface area contributed by atoms with Crippen LogP contribution in [0.4, 0.5) is 4.79 Å². The van der Waals surface area contributed by atoms with Gasteiger partial charge < -0.3 is 15.2 Å². The van der Waals surface area contributed by atoms with E-state index in [2.05, 4.69) is 12.2 Å². The molecule has 1 aromatic carbocycles. The maximum Gasteiger partial charge on any atom is 0.408 e. The molecule has 0 aromatic heterocycles. The number of carbonyl (C=O) groups is 2. The summed E-state index contributed by atoms with van der Waals surface area (Å²) < 4.78 is 5.28. The van der Waals surface area contributed by atoms with Gasteiger partial charge in [0, 0.05) is 12.0 Å². The summed E-state index contributed by atoms with van der Waals surface area (Å²) in [5.74, 6) is -0.976. The number of aliphatic carboxylic acids is 1. The van der Waals surface area contributed by atoms with Crippen LogP contribution in [0.3, 0.4) is 0 Å². The Hall–Kier alpha value is -2.30. The standard InChI is InChI=1S/C20H29NO4/c1-5-6-12-17(21-19(24)25-20(2,3)4)14-16(18(22)23)13-15-10-8-7-9-11-15/h7-11,14,17H,5-6,12-13H2,1-4H3,(H,21,24)(H,22,23)/t17-/m0/s1. The van der Waals surface area contributed by atoms with Crippen LogP contribution in [0.25, 0.3) is 0 Å². The number of rotatable bonds is 8. The van der Waals surface area contributed by atoms with Gasteiger partial charge in [0.1, 0.15) is 5.60 Å². The van der Waals surface area contributed by atoms with E-state index in [1.807, 2.05) is 30.3 Å². The van der Waals surface area contributed by atoms with Gasteiger partial charge in [-0.25, -0.2) is 9.59 Å². The molecule has 1 aromatic rings. The van der Waals surface area contributed by atoms with Gasteiger partial charge in [-0.15, -0.1) is 0 Å². The summed E-state index contributed by atoms with van der Waals surface area (Å²) in [7, 11) is 0. The molecule has 1 amide bonds. The molecule has 1 atom stereocenters. The highest BCUT2D eigenvalue weighted by Crippen LogP contribution is 2.13. The average Bonchev–Trinajstić information content (AvgIpc) is 2.50. The molecule has 0 radical (unpaired) electrons. The Morgan fingerprint density at radius 3 is 2.40 bits per heavy atom. The second-order valence-electron chi connectivity index (χ2n) is 7.05. The first kappa shape index (κ1) is 20.7. The van der Waals surface area contributed by atoms with Gasteiger partial charge in [-0.3, -0.25) is 0 Å². The second kappa shape index (κ2) is 9.87. The maximum atomic E-state index is 12.0. The molecule has 5 nitrogen and oxygen atoms in total. The second-order valence-corrected chi connectivity index (χ2v) is 7.05. The van der Waals surface area contributed by atoms with Crippen LogP contribution in [0.5, 0.6) is 0 Å². The summed E-state index contributed by atoms with van der Waals surface area (Å²) in [6.07, 6.45) is 3.93. The van der Waals surface area contributed by atoms with E-state index in [4.69, 9.17) is 4.74 Å². The summed E-state index contributed by atoms with van der Waals surface area (Å²) >= 11 is 0. The Morgan fingerprint density at radius 2 is 1.88 bits per heavy atom. The third kappa shape index (κ3) is 8.94. The zero-order valence-corrected chi connectivity index (χ0v) is 15.5. The average molecular weight is 347 g/mol. The van der Waals surface area contributed by atoms with Crippen LogP contribution in [0.15, 0.2) is 42.0 Å². The lowest BCUT2D eigenvalue weighted by molar-refractivity contribution is -0.132. The fraction of sp³-hybridized carbons (Fsp3) is 0.500. The number of carboxylic acid groups (broad SMARTS) is 1. The lowest BCUT2D eigenvalue weighted by Crippen LogP contribution is -2.38. The highest BCUT2D eigenvalue weighted by Gasteiger charge is 2.20. The molecule has 0 saturated carbocycles. The lowest BCUT2D eigenvalue weighted by atomic mass is 10.0. The molecule has 2 N–H and O–H groups in total. The molecule has 138 valence electrons. The van der Waals surface area contributed by atoms with E-state index in [0.29, 0.717) is 12.8 Å². The molecule has 0 heterocycles. The highest BCUT2D eigenvalue weighted by atomic mass is 16.6. The molecule has 25 heavy (non-hydrogen) atoms. The topological polar surface area (TPSA) is 75.6 Å². The van der Waals surface area contributed by atoms with Crippen LogP contribution in [0.2, 0.25) is 0 Å². The first-order valence-electron chi connectivity index (χ1n) is 8.68. The number of benzene rings is 1. The zero-order chi connectivity index (χ0) is 18.9. The van der Waals surface area contributed by atoms with Crippen molar-refractivity contribution in [1.29, 1.82) is 0 Å². The van der Waals surface area contributed by atoms with Gasteiger partial charge in [0.25, 0.3) is 0 Å². The fourth-order valence-electron chi connectivity index (χ4n) is 2.34. The number of nitrogens with one attached hydrogen (secondary N) is 1. The van der Waals surface area contributed by atoms with E-state index < -0.39 is 17.7 Å². The molecular formula is C20H29NO4.